The zero-order valence-electron chi connectivity index (χ0n) is 21.1. The number of carbonyl (C=O) groups is 1. The summed E-state index contributed by atoms with van der Waals surface area (Å²) in [5.74, 6) is 0.568. The van der Waals surface area contributed by atoms with Crippen molar-refractivity contribution in [1.82, 2.24) is 19.9 Å². The van der Waals surface area contributed by atoms with Crippen LogP contribution in [0, 0.1) is 6.92 Å². The zero-order chi connectivity index (χ0) is 26.4. The van der Waals surface area contributed by atoms with Gasteiger partial charge in [0.2, 0.25) is 5.95 Å². The van der Waals surface area contributed by atoms with Gasteiger partial charge in [0.05, 0.1) is 16.3 Å². The van der Waals surface area contributed by atoms with Gasteiger partial charge in [-0.2, -0.15) is 0 Å². The molecule has 2 aromatic carbocycles. The van der Waals surface area contributed by atoms with E-state index in [0.717, 1.165) is 28.1 Å². The van der Waals surface area contributed by atoms with Gasteiger partial charge >= 0.3 is 0 Å². The SMILES string of the molecule is Cc1ncccc1C(=O)N(Cc1cccc(-c2ccnc(NCCc3ccc(O)c(Cl)c3)n2)c1)C(C)C. The maximum Gasteiger partial charge on any atom is 0.256 e. The lowest BCUT2D eigenvalue weighted by molar-refractivity contribution is 0.0689. The van der Waals surface area contributed by atoms with Crippen molar-refractivity contribution in [3.8, 4) is 17.0 Å². The quantitative estimate of drug-likeness (QED) is 0.288. The van der Waals surface area contributed by atoms with Crippen molar-refractivity contribution < 1.29 is 9.90 Å². The minimum absolute atomic E-state index is 0.0223. The average molecular weight is 516 g/mol. The topological polar surface area (TPSA) is 91.2 Å². The zero-order valence-corrected chi connectivity index (χ0v) is 21.9. The van der Waals surface area contributed by atoms with Crippen LogP contribution in [0.4, 0.5) is 5.95 Å². The number of phenolic OH excluding ortho intramolecular Hbond substituents is 1. The highest BCUT2D eigenvalue weighted by Crippen LogP contribution is 2.24. The minimum atomic E-state index is -0.0329. The molecular weight excluding hydrogens is 486 g/mol. The van der Waals surface area contributed by atoms with Crippen molar-refractivity contribution in [3.05, 3.63) is 100 Å². The second-order valence-electron chi connectivity index (χ2n) is 9.09. The molecular formula is C29H30ClN5O2. The Balaban J connectivity index is 1.46. The van der Waals surface area contributed by atoms with Crippen molar-refractivity contribution in [2.24, 2.45) is 0 Å². The fraction of sp³-hybridized carbons (Fsp3) is 0.241. The number of carbonyl (C=O) groups excluding carboxylic acids is 1. The molecule has 37 heavy (non-hydrogen) atoms. The van der Waals surface area contributed by atoms with Crippen LogP contribution in [0.15, 0.2) is 73.1 Å². The minimum Gasteiger partial charge on any atom is -0.506 e. The van der Waals surface area contributed by atoms with E-state index >= 15 is 0 Å². The molecule has 2 N–H and O–H groups in total. The summed E-state index contributed by atoms with van der Waals surface area (Å²) < 4.78 is 0. The van der Waals surface area contributed by atoms with Gasteiger partial charge in [0.1, 0.15) is 5.75 Å². The fourth-order valence-electron chi connectivity index (χ4n) is 4.01. The van der Waals surface area contributed by atoms with Crippen LogP contribution in [0.5, 0.6) is 5.75 Å². The van der Waals surface area contributed by atoms with Gasteiger partial charge in [-0.25, -0.2) is 9.97 Å². The van der Waals surface area contributed by atoms with Gasteiger partial charge < -0.3 is 15.3 Å². The molecule has 0 aliphatic rings. The molecule has 0 fully saturated rings. The molecule has 0 saturated heterocycles. The lowest BCUT2D eigenvalue weighted by Gasteiger charge is -2.27. The molecule has 2 aromatic heterocycles. The lowest BCUT2D eigenvalue weighted by Crippen LogP contribution is -2.36. The largest absolute Gasteiger partial charge is 0.506 e. The molecule has 4 rings (SSSR count). The average Bonchev–Trinajstić information content (AvgIpc) is 2.89. The van der Waals surface area contributed by atoms with Crippen molar-refractivity contribution in [2.75, 3.05) is 11.9 Å². The number of anilines is 1. The molecule has 190 valence electrons. The van der Waals surface area contributed by atoms with Crippen molar-refractivity contribution in [3.63, 3.8) is 0 Å². The van der Waals surface area contributed by atoms with E-state index < -0.39 is 0 Å². The first-order valence-corrected chi connectivity index (χ1v) is 12.6. The van der Waals surface area contributed by atoms with Crippen LogP contribution in [0.2, 0.25) is 5.02 Å². The standard InChI is InChI=1S/C29H30ClN5O2/c1-19(2)35(28(37)24-8-5-13-31-20(24)3)18-22-6-4-7-23(16-22)26-12-15-33-29(34-26)32-14-11-21-9-10-27(36)25(30)17-21/h4-10,12-13,15-17,19,36H,11,14,18H2,1-3H3,(H,32,33,34). The van der Waals surface area contributed by atoms with Gasteiger partial charge in [0.25, 0.3) is 5.91 Å². The normalized spacial score (nSPS) is 10.9. The number of nitrogens with one attached hydrogen (secondary N) is 1. The molecule has 0 aliphatic heterocycles. The molecule has 2 heterocycles. The van der Waals surface area contributed by atoms with Crippen LogP contribution >= 0.6 is 11.6 Å². The first-order chi connectivity index (χ1) is 17.8. The molecule has 0 radical (unpaired) electrons. The Morgan fingerprint density at radius 3 is 2.62 bits per heavy atom. The predicted octanol–water partition coefficient (Wildman–Crippen LogP) is 5.91. The maximum atomic E-state index is 13.3. The van der Waals surface area contributed by atoms with Gasteiger partial charge in [0.15, 0.2) is 0 Å². The first kappa shape index (κ1) is 26.1. The van der Waals surface area contributed by atoms with E-state index in [2.05, 4.69) is 26.3 Å². The van der Waals surface area contributed by atoms with Gasteiger partial charge in [-0.1, -0.05) is 35.9 Å². The first-order valence-electron chi connectivity index (χ1n) is 12.2. The third-order valence-corrected chi connectivity index (χ3v) is 6.36. The summed E-state index contributed by atoms with van der Waals surface area (Å²) in [6.07, 6.45) is 4.13. The van der Waals surface area contributed by atoms with E-state index in [4.69, 9.17) is 11.6 Å². The number of aryl methyl sites for hydroxylation is 1. The van der Waals surface area contributed by atoms with Gasteiger partial charge in [0, 0.05) is 42.8 Å². The Kier molecular flexibility index (Phi) is 8.36. The van der Waals surface area contributed by atoms with E-state index in [9.17, 15) is 9.90 Å². The van der Waals surface area contributed by atoms with Gasteiger partial charge in [-0.05, 0) is 74.7 Å². The van der Waals surface area contributed by atoms with Crippen molar-refractivity contribution in [2.45, 2.75) is 39.8 Å². The molecule has 4 aromatic rings. The van der Waals surface area contributed by atoms with Crippen LogP contribution in [0.25, 0.3) is 11.3 Å². The van der Waals surface area contributed by atoms with Gasteiger partial charge in [-0.3, -0.25) is 9.78 Å². The fourth-order valence-corrected chi connectivity index (χ4v) is 4.21. The van der Waals surface area contributed by atoms with Gasteiger partial charge in [-0.15, -0.1) is 0 Å². The summed E-state index contributed by atoms with van der Waals surface area (Å²) >= 11 is 6.00. The van der Waals surface area contributed by atoms with E-state index in [0.29, 0.717) is 36.0 Å². The highest BCUT2D eigenvalue weighted by molar-refractivity contribution is 6.32. The Labute approximate surface area is 222 Å². The Morgan fingerprint density at radius 2 is 1.86 bits per heavy atom. The van der Waals surface area contributed by atoms with Crippen molar-refractivity contribution >= 4 is 23.5 Å². The summed E-state index contributed by atoms with van der Waals surface area (Å²) in [5, 5.41) is 13.2. The van der Waals surface area contributed by atoms with Crippen LogP contribution in [0.1, 0.15) is 41.0 Å². The van der Waals surface area contributed by atoms with Crippen LogP contribution in [-0.2, 0) is 13.0 Å². The third-order valence-electron chi connectivity index (χ3n) is 6.06. The summed E-state index contributed by atoms with van der Waals surface area (Å²) in [6.45, 7) is 6.98. The monoisotopic (exact) mass is 515 g/mol. The lowest BCUT2D eigenvalue weighted by atomic mass is 10.1. The van der Waals surface area contributed by atoms with Crippen LogP contribution in [0.3, 0.4) is 0 Å². The molecule has 0 spiro atoms. The molecule has 0 aliphatic carbocycles. The number of phenols is 1. The number of aromatic hydroxyl groups is 1. The summed E-state index contributed by atoms with van der Waals surface area (Å²) in [5.41, 5.74) is 5.10. The Hall–Kier alpha value is -3.97. The summed E-state index contributed by atoms with van der Waals surface area (Å²) in [4.78, 5) is 28.4. The number of rotatable bonds is 9. The molecule has 0 saturated carbocycles. The number of halogens is 1. The van der Waals surface area contributed by atoms with E-state index in [1.165, 1.54) is 0 Å². The molecule has 1 amide bonds. The highest BCUT2D eigenvalue weighted by atomic mass is 35.5. The maximum absolute atomic E-state index is 13.3. The Bertz CT molecular complexity index is 1390. The molecule has 0 atom stereocenters. The number of amides is 1. The molecule has 0 bridgehead atoms. The second-order valence-corrected chi connectivity index (χ2v) is 9.50. The van der Waals surface area contributed by atoms with Crippen LogP contribution < -0.4 is 5.32 Å². The number of pyridine rings is 1. The summed E-state index contributed by atoms with van der Waals surface area (Å²) in [7, 11) is 0. The van der Waals surface area contributed by atoms with E-state index in [-0.39, 0.29) is 17.7 Å². The van der Waals surface area contributed by atoms with Crippen LogP contribution in [-0.4, -0.2) is 43.5 Å². The predicted molar refractivity (Wildman–Crippen MR) is 147 cm³/mol. The van der Waals surface area contributed by atoms with E-state index in [1.54, 1.807) is 30.6 Å². The number of hydrogen-bond donors (Lipinski definition) is 2. The third kappa shape index (κ3) is 6.62. The molecule has 8 heteroatoms. The highest BCUT2D eigenvalue weighted by Gasteiger charge is 2.21. The molecule has 7 nitrogen and oxygen atoms in total. The number of hydrogen-bond acceptors (Lipinski definition) is 6. The Morgan fingerprint density at radius 1 is 1.03 bits per heavy atom. The van der Waals surface area contributed by atoms with Crippen molar-refractivity contribution in [1.29, 1.82) is 0 Å². The van der Waals surface area contributed by atoms with E-state index in [1.807, 2.05) is 62.1 Å². The smallest absolute Gasteiger partial charge is 0.256 e. The second kappa shape index (κ2) is 11.8. The number of nitrogens with zero attached hydrogens (tertiary/aromatic N) is 4. The number of benzene rings is 2. The summed E-state index contributed by atoms with van der Waals surface area (Å²) in [6, 6.07) is 18.7. The molecule has 0 unspecified atom stereocenters. The number of aromatic nitrogens is 3.